The molecule has 1 amide bonds. The lowest BCUT2D eigenvalue weighted by Gasteiger charge is -2.06. The molecule has 0 radical (unpaired) electrons. The zero-order chi connectivity index (χ0) is 14.3. The molecule has 0 atom stereocenters. The molecule has 0 bridgehead atoms. The van der Waals surface area contributed by atoms with Crippen molar-refractivity contribution < 1.29 is 23.8 Å². The van der Waals surface area contributed by atoms with Crippen LogP contribution < -0.4 is 5.32 Å². The molecule has 0 aromatic rings. The maximum absolute atomic E-state index is 11.2. The smallest absolute Gasteiger partial charge is 0.407 e. The summed E-state index contributed by atoms with van der Waals surface area (Å²) in [5.41, 5.74) is 0. The molecule has 0 aromatic heterocycles. The number of carbonyl (C=O) groups is 2. The number of alkyl carbamates (subject to hydrolysis) is 1. The summed E-state index contributed by atoms with van der Waals surface area (Å²) in [6.45, 7) is 3.66. The molecule has 112 valence electrons. The number of methoxy groups -OCH3 is 1. The molecule has 0 unspecified atom stereocenters. The fraction of sp³-hybridized carbons (Fsp3) is 0.846. The number of hydrogen-bond donors (Lipinski definition) is 1. The predicted octanol–water partition coefficient (Wildman–Crippen LogP) is 1.87. The Balaban J connectivity index is 3.26. The summed E-state index contributed by atoms with van der Waals surface area (Å²) in [5.74, 6) is -0.145. The molecule has 0 rings (SSSR count). The lowest BCUT2D eigenvalue weighted by molar-refractivity contribution is -0.143. The van der Waals surface area contributed by atoms with E-state index in [0.717, 1.165) is 25.7 Å². The van der Waals surface area contributed by atoms with Gasteiger partial charge in [-0.3, -0.25) is 4.79 Å². The molecule has 6 nitrogen and oxygen atoms in total. The highest BCUT2D eigenvalue weighted by Gasteiger charge is 2.03. The minimum Gasteiger partial charge on any atom is -0.466 e. The summed E-state index contributed by atoms with van der Waals surface area (Å²) >= 11 is 0. The number of hydrogen-bond acceptors (Lipinski definition) is 5. The molecule has 19 heavy (non-hydrogen) atoms. The summed E-state index contributed by atoms with van der Waals surface area (Å²) in [6.07, 6.45) is 3.33. The van der Waals surface area contributed by atoms with Crippen LogP contribution in [0.15, 0.2) is 0 Å². The van der Waals surface area contributed by atoms with Crippen molar-refractivity contribution in [2.75, 3.05) is 33.5 Å². The van der Waals surface area contributed by atoms with Crippen molar-refractivity contribution in [3.8, 4) is 0 Å². The van der Waals surface area contributed by atoms with Gasteiger partial charge < -0.3 is 19.5 Å². The average molecular weight is 275 g/mol. The van der Waals surface area contributed by atoms with E-state index >= 15 is 0 Å². The minimum atomic E-state index is -0.431. The topological polar surface area (TPSA) is 73.9 Å². The van der Waals surface area contributed by atoms with Crippen LogP contribution in [-0.4, -0.2) is 45.5 Å². The lowest BCUT2D eigenvalue weighted by atomic mass is 10.2. The number of esters is 1. The molecule has 1 N–H and O–H groups in total. The monoisotopic (exact) mass is 275 g/mol. The van der Waals surface area contributed by atoms with Crippen LogP contribution in [0.2, 0.25) is 0 Å². The van der Waals surface area contributed by atoms with Crippen molar-refractivity contribution >= 4 is 12.1 Å². The first kappa shape index (κ1) is 17.7. The highest BCUT2D eigenvalue weighted by Crippen LogP contribution is 2.01. The van der Waals surface area contributed by atoms with Crippen molar-refractivity contribution in [1.82, 2.24) is 5.32 Å². The summed E-state index contributed by atoms with van der Waals surface area (Å²) in [5, 5.41) is 2.63. The molecule has 6 heteroatoms. The van der Waals surface area contributed by atoms with Crippen LogP contribution >= 0.6 is 0 Å². The summed E-state index contributed by atoms with van der Waals surface area (Å²) < 4.78 is 14.5. The van der Waals surface area contributed by atoms with Gasteiger partial charge in [-0.15, -0.1) is 0 Å². The van der Waals surface area contributed by atoms with E-state index in [1.165, 1.54) is 0 Å². The molecule has 0 heterocycles. The summed E-state index contributed by atoms with van der Waals surface area (Å²) in [7, 11) is 1.55. The van der Waals surface area contributed by atoms with Gasteiger partial charge in [0, 0.05) is 20.1 Å². The van der Waals surface area contributed by atoms with Gasteiger partial charge in [0.05, 0.1) is 13.2 Å². The molecule has 0 aliphatic rings. The molecule has 0 aliphatic carbocycles. The maximum atomic E-state index is 11.2. The van der Waals surface area contributed by atoms with Crippen molar-refractivity contribution in [3.05, 3.63) is 0 Å². The first-order valence-corrected chi connectivity index (χ1v) is 6.75. The standard InChI is InChI=1S/C13H25NO5/c1-3-9-18-12(15)7-5-4-6-8-14-13(16)19-11-10-17-2/h3-11H2,1-2H3,(H,14,16). The van der Waals surface area contributed by atoms with Crippen LogP contribution in [0.1, 0.15) is 39.0 Å². The minimum absolute atomic E-state index is 0.145. The van der Waals surface area contributed by atoms with E-state index in [4.69, 9.17) is 14.2 Å². The SMILES string of the molecule is CCCOC(=O)CCCCCNC(=O)OCCOC. The highest BCUT2D eigenvalue weighted by atomic mass is 16.6. The van der Waals surface area contributed by atoms with E-state index < -0.39 is 6.09 Å². The first-order valence-electron chi connectivity index (χ1n) is 6.75. The van der Waals surface area contributed by atoms with Gasteiger partial charge in [-0.25, -0.2) is 4.79 Å². The normalized spacial score (nSPS) is 10.0. The molecule has 0 fully saturated rings. The third kappa shape index (κ3) is 12.9. The number of ether oxygens (including phenoxy) is 3. The summed E-state index contributed by atoms with van der Waals surface area (Å²) in [4.78, 5) is 22.3. The van der Waals surface area contributed by atoms with Gasteiger partial charge in [0.1, 0.15) is 6.61 Å². The quantitative estimate of drug-likeness (QED) is 0.460. The lowest BCUT2D eigenvalue weighted by Crippen LogP contribution is -2.26. The van der Waals surface area contributed by atoms with E-state index in [1.54, 1.807) is 7.11 Å². The van der Waals surface area contributed by atoms with Gasteiger partial charge in [-0.1, -0.05) is 13.3 Å². The largest absolute Gasteiger partial charge is 0.466 e. The van der Waals surface area contributed by atoms with Gasteiger partial charge in [0.25, 0.3) is 0 Å². The highest BCUT2D eigenvalue weighted by molar-refractivity contribution is 5.69. The van der Waals surface area contributed by atoms with E-state index in [1.807, 2.05) is 6.92 Å². The van der Waals surface area contributed by atoms with E-state index in [2.05, 4.69) is 5.32 Å². The van der Waals surface area contributed by atoms with Gasteiger partial charge in [0.15, 0.2) is 0 Å². The van der Waals surface area contributed by atoms with E-state index in [-0.39, 0.29) is 12.6 Å². The van der Waals surface area contributed by atoms with E-state index in [0.29, 0.717) is 26.2 Å². The second-order valence-corrected chi connectivity index (χ2v) is 4.09. The molecule has 0 aromatic carbocycles. The van der Waals surface area contributed by atoms with Crippen molar-refractivity contribution in [3.63, 3.8) is 0 Å². The van der Waals surface area contributed by atoms with Crippen LogP contribution in [0.25, 0.3) is 0 Å². The molecular weight excluding hydrogens is 250 g/mol. The van der Waals surface area contributed by atoms with Crippen LogP contribution in [0.5, 0.6) is 0 Å². The van der Waals surface area contributed by atoms with Crippen molar-refractivity contribution in [1.29, 1.82) is 0 Å². The fourth-order valence-electron chi connectivity index (χ4n) is 1.32. The molecule has 0 aliphatic heterocycles. The molecular formula is C13H25NO5. The Morgan fingerprint density at radius 2 is 1.79 bits per heavy atom. The van der Waals surface area contributed by atoms with Gasteiger partial charge in [0.2, 0.25) is 0 Å². The van der Waals surface area contributed by atoms with Gasteiger partial charge >= 0.3 is 12.1 Å². The Morgan fingerprint density at radius 1 is 1.00 bits per heavy atom. The third-order valence-corrected chi connectivity index (χ3v) is 2.31. The maximum Gasteiger partial charge on any atom is 0.407 e. The van der Waals surface area contributed by atoms with Crippen molar-refractivity contribution in [2.24, 2.45) is 0 Å². The number of carbonyl (C=O) groups excluding carboxylic acids is 2. The first-order chi connectivity index (χ1) is 9.20. The Labute approximate surface area is 114 Å². The molecule has 0 saturated carbocycles. The van der Waals surface area contributed by atoms with Gasteiger partial charge in [-0.2, -0.15) is 0 Å². The number of nitrogens with one attached hydrogen (secondary N) is 1. The van der Waals surface area contributed by atoms with Crippen LogP contribution in [-0.2, 0) is 19.0 Å². The Hall–Kier alpha value is -1.30. The molecule has 0 saturated heterocycles. The zero-order valence-electron chi connectivity index (χ0n) is 11.9. The van der Waals surface area contributed by atoms with Crippen molar-refractivity contribution in [2.45, 2.75) is 39.0 Å². The Bertz CT molecular complexity index is 245. The predicted molar refractivity (Wildman–Crippen MR) is 70.9 cm³/mol. The fourth-order valence-corrected chi connectivity index (χ4v) is 1.32. The average Bonchev–Trinajstić information content (AvgIpc) is 2.40. The van der Waals surface area contributed by atoms with E-state index in [9.17, 15) is 9.59 Å². The Morgan fingerprint density at radius 3 is 2.47 bits per heavy atom. The number of rotatable bonds is 11. The second kappa shape index (κ2) is 13.1. The number of amides is 1. The van der Waals surface area contributed by atoms with Crippen LogP contribution in [0.4, 0.5) is 4.79 Å². The summed E-state index contributed by atoms with van der Waals surface area (Å²) in [6, 6.07) is 0. The van der Waals surface area contributed by atoms with Crippen LogP contribution in [0.3, 0.4) is 0 Å². The van der Waals surface area contributed by atoms with Crippen LogP contribution in [0, 0.1) is 0 Å². The molecule has 0 spiro atoms. The Kier molecular flexibility index (Phi) is 12.2. The second-order valence-electron chi connectivity index (χ2n) is 4.09. The zero-order valence-corrected chi connectivity index (χ0v) is 11.9. The van der Waals surface area contributed by atoms with Gasteiger partial charge in [-0.05, 0) is 19.3 Å². The third-order valence-electron chi connectivity index (χ3n) is 2.31. The number of unbranched alkanes of at least 4 members (excludes halogenated alkanes) is 2.